The quantitative estimate of drug-likeness (QED) is 0.792. The molecule has 0 bridgehead atoms. The van der Waals surface area contributed by atoms with Crippen molar-refractivity contribution >= 4 is 17.5 Å². The van der Waals surface area contributed by atoms with Gasteiger partial charge in [0.25, 0.3) is 0 Å². The standard InChI is InChI=1S/C13H9F2NOS/c1-8(17)9-4-5-16-13(6-9)18-12-3-2-10(14)7-11(12)15/h2-7H,1H3. The van der Waals surface area contributed by atoms with Gasteiger partial charge in [-0.25, -0.2) is 13.8 Å². The molecule has 0 saturated carbocycles. The number of carbonyl (C=O) groups is 1. The number of aromatic nitrogens is 1. The lowest BCUT2D eigenvalue weighted by Crippen LogP contribution is -1.93. The Morgan fingerprint density at radius 2 is 2.00 bits per heavy atom. The number of hydrogen-bond acceptors (Lipinski definition) is 3. The van der Waals surface area contributed by atoms with E-state index in [1.807, 2.05) is 0 Å². The average Bonchev–Trinajstić information content (AvgIpc) is 2.33. The van der Waals surface area contributed by atoms with Gasteiger partial charge in [0.15, 0.2) is 5.78 Å². The minimum Gasteiger partial charge on any atom is -0.295 e. The zero-order valence-electron chi connectivity index (χ0n) is 9.48. The van der Waals surface area contributed by atoms with Gasteiger partial charge in [0.2, 0.25) is 0 Å². The van der Waals surface area contributed by atoms with Gasteiger partial charge in [0.05, 0.1) is 0 Å². The molecule has 2 nitrogen and oxygen atoms in total. The molecule has 0 atom stereocenters. The van der Waals surface area contributed by atoms with Crippen molar-refractivity contribution in [1.82, 2.24) is 4.98 Å². The fraction of sp³-hybridized carbons (Fsp3) is 0.0769. The molecule has 0 amide bonds. The first-order valence-corrected chi connectivity index (χ1v) is 5.98. The molecule has 0 fully saturated rings. The van der Waals surface area contributed by atoms with E-state index in [1.165, 1.54) is 25.3 Å². The summed E-state index contributed by atoms with van der Waals surface area (Å²) < 4.78 is 26.2. The minimum absolute atomic E-state index is 0.0844. The Hall–Kier alpha value is -1.75. The molecule has 0 unspecified atom stereocenters. The smallest absolute Gasteiger partial charge is 0.159 e. The van der Waals surface area contributed by atoms with E-state index < -0.39 is 11.6 Å². The molecule has 2 aromatic rings. The van der Waals surface area contributed by atoms with Gasteiger partial charge in [-0.2, -0.15) is 0 Å². The Kier molecular flexibility index (Phi) is 3.72. The summed E-state index contributed by atoms with van der Waals surface area (Å²) >= 11 is 1.05. The highest BCUT2D eigenvalue weighted by Gasteiger charge is 2.08. The lowest BCUT2D eigenvalue weighted by Gasteiger charge is -2.03. The molecule has 0 spiro atoms. The number of halogens is 2. The second-order valence-electron chi connectivity index (χ2n) is 3.62. The fourth-order valence-electron chi connectivity index (χ4n) is 1.35. The summed E-state index contributed by atoms with van der Waals surface area (Å²) in [4.78, 5) is 15.5. The van der Waals surface area contributed by atoms with Gasteiger partial charge in [0.1, 0.15) is 16.7 Å². The molecule has 0 saturated heterocycles. The molecule has 2 rings (SSSR count). The normalized spacial score (nSPS) is 10.4. The topological polar surface area (TPSA) is 30.0 Å². The number of pyridine rings is 1. The monoisotopic (exact) mass is 265 g/mol. The number of nitrogens with zero attached hydrogens (tertiary/aromatic N) is 1. The van der Waals surface area contributed by atoms with Crippen LogP contribution in [0, 0.1) is 11.6 Å². The van der Waals surface area contributed by atoms with Crippen molar-refractivity contribution in [2.45, 2.75) is 16.8 Å². The third-order valence-electron chi connectivity index (χ3n) is 2.25. The van der Waals surface area contributed by atoms with E-state index in [-0.39, 0.29) is 10.7 Å². The number of rotatable bonds is 3. The Bertz CT molecular complexity index is 601. The lowest BCUT2D eigenvalue weighted by atomic mass is 10.2. The Morgan fingerprint density at radius 3 is 2.67 bits per heavy atom. The highest BCUT2D eigenvalue weighted by molar-refractivity contribution is 7.99. The van der Waals surface area contributed by atoms with Gasteiger partial charge in [-0.3, -0.25) is 4.79 Å². The Labute approximate surface area is 107 Å². The van der Waals surface area contributed by atoms with E-state index >= 15 is 0 Å². The molecule has 0 radical (unpaired) electrons. The highest BCUT2D eigenvalue weighted by Crippen LogP contribution is 2.29. The molecule has 0 aliphatic rings. The molecule has 18 heavy (non-hydrogen) atoms. The molecule has 0 N–H and O–H groups in total. The first-order chi connectivity index (χ1) is 8.56. The van der Waals surface area contributed by atoms with Crippen LogP contribution < -0.4 is 0 Å². The van der Waals surface area contributed by atoms with Crippen LogP contribution in [0.4, 0.5) is 8.78 Å². The summed E-state index contributed by atoms with van der Waals surface area (Å²) in [6.07, 6.45) is 1.49. The molecular weight excluding hydrogens is 256 g/mol. The summed E-state index contributed by atoms with van der Waals surface area (Å²) in [6.45, 7) is 1.45. The SMILES string of the molecule is CC(=O)c1ccnc(Sc2ccc(F)cc2F)c1. The van der Waals surface area contributed by atoms with Crippen LogP contribution in [-0.2, 0) is 0 Å². The molecule has 92 valence electrons. The molecule has 5 heteroatoms. The molecular formula is C13H9F2NOS. The number of ketones is 1. The predicted octanol–water partition coefficient (Wildman–Crippen LogP) is 3.71. The summed E-state index contributed by atoms with van der Waals surface area (Å²) in [5, 5.41) is 0.494. The number of hydrogen-bond donors (Lipinski definition) is 0. The zero-order chi connectivity index (χ0) is 13.1. The first-order valence-electron chi connectivity index (χ1n) is 5.16. The van der Waals surface area contributed by atoms with Crippen LogP contribution in [0.5, 0.6) is 0 Å². The van der Waals surface area contributed by atoms with Crippen LogP contribution in [0.15, 0.2) is 46.5 Å². The summed E-state index contributed by atoms with van der Waals surface area (Å²) in [7, 11) is 0. The third-order valence-corrected chi connectivity index (χ3v) is 3.23. The van der Waals surface area contributed by atoms with Gasteiger partial charge in [-0.05, 0) is 31.2 Å². The van der Waals surface area contributed by atoms with Gasteiger partial charge in [-0.15, -0.1) is 0 Å². The number of Topliss-reactive ketones (excluding diaryl/α,β-unsaturated/α-hetero) is 1. The largest absolute Gasteiger partial charge is 0.295 e. The highest BCUT2D eigenvalue weighted by atomic mass is 32.2. The van der Waals surface area contributed by atoms with Crippen molar-refractivity contribution in [2.24, 2.45) is 0 Å². The van der Waals surface area contributed by atoms with Gasteiger partial charge < -0.3 is 0 Å². The summed E-state index contributed by atoms with van der Waals surface area (Å²) in [6, 6.07) is 6.51. The molecule has 0 aliphatic heterocycles. The van der Waals surface area contributed by atoms with Crippen LogP contribution in [0.1, 0.15) is 17.3 Å². The van der Waals surface area contributed by atoms with Gasteiger partial charge in [-0.1, -0.05) is 11.8 Å². The first kappa shape index (κ1) is 12.7. The van der Waals surface area contributed by atoms with Crippen molar-refractivity contribution in [3.8, 4) is 0 Å². The van der Waals surface area contributed by atoms with Gasteiger partial charge >= 0.3 is 0 Å². The van der Waals surface area contributed by atoms with Crippen LogP contribution in [-0.4, -0.2) is 10.8 Å². The van der Waals surface area contributed by atoms with Crippen molar-refractivity contribution in [1.29, 1.82) is 0 Å². The molecule has 1 aromatic carbocycles. The van der Waals surface area contributed by atoms with E-state index in [0.29, 0.717) is 10.6 Å². The van der Waals surface area contributed by atoms with Crippen molar-refractivity contribution in [3.05, 3.63) is 53.7 Å². The van der Waals surface area contributed by atoms with Crippen LogP contribution >= 0.6 is 11.8 Å². The fourth-order valence-corrected chi connectivity index (χ4v) is 2.17. The van der Waals surface area contributed by atoms with Crippen molar-refractivity contribution in [3.63, 3.8) is 0 Å². The molecule has 0 aliphatic carbocycles. The summed E-state index contributed by atoms with van der Waals surface area (Å²) in [5.74, 6) is -1.35. The van der Waals surface area contributed by atoms with Crippen molar-refractivity contribution in [2.75, 3.05) is 0 Å². The predicted molar refractivity (Wildman–Crippen MR) is 64.7 cm³/mol. The van der Waals surface area contributed by atoms with Crippen LogP contribution in [0.2, 0.25) is 0 Å². The van der Waals surface area contributed by atoms with E-state index in [9.17, 15) is 13.6 Å². The van der Waals surface area contributed by atoms with Crippen LogP contribution in [0.25, 0.3) is 0 Å². The van der Waals surface area contributed by atoms with E-state index in [0.717, 1.165) is 17.8 Å². The van der Waals surface area contributed by atoms with Crippen molar-refractivity contribution < 1.29 is 13.6 Å². The van der Waals surface area contributed by atoms with E-state index in [1.54, 1.807) is 12.1 Å². The summed E-state index contributed by atoms with van der Waals surface area (Å²) in [5.41, 5.74) is 0.509. The van der Waals surface area contributed by atoms with E-state index in [4.69, 9.17) is 0 Å². The second kappa shape index (κ2) is 5.27. The Morgan fingerprint density at radius 1 is 1.22 bits per heavy atom. The maximum absolute atomic E-state index is 13.4. The zero-order valence-corrected chi connectivity index (χ0v) is 10.3. The number of carbonyl (C=O) groups excluding carboxylic acids is 1. The van der Waals surface area contributed by atoms with E-state index in [2.05, 4.69) is 4.98 Å². The van der Waals surface area contributed by atoms with Crippen LogP contribution in [0.3, 0.4) is 0 Å². The average molecular weight is 265 g/mol. The molecule has 1 aromatic heterocycles. The maximum Gasteiger partial charge on any atom is 0.159 e. The molecule has 1 heterocycles. The second-order valence-corrected chi connectivity index (χ2v) is 4.68. The maximum atomic E-state index is 13.4. The van der Waals surface area contributed by atoms with Gasteiger partial charge in [0, 0.05) is 22.7 Å². The minimum atomic E-state index is -0.643. The number of benzene rings is 1. The Balaban J connectivity index is 2.28. The lowest BCUT2D eigenvalue weighted by molar-refractivity contribution is 0.101. The third kappa shape index (κ3) is 2.92.